The highest BCUT2D eigenvalue weighted by Crippen LogP contribution is 2.37. The Morgan fingerprint density at radius 1 is 1.53 bits per heavy atom. The molecular weight excluding hydrogens is 191 g/mol. The Hall–Kier alpha value is -0.930. The van der Waals surface area contributed by atoms with Crippen molar-refractivity contribution in [1.82, 2.24) is 5.43 Å². The molecule has 1 unspecified atom stereocenters. The van der Waals surface area contributed by atoms with Crippen molar-refractivity contribution in [3.63, 3.8) is 0 Å². The number of halogens is 1. The van der Waals surface area contributed by atoms with E-state index in [4.69, 9.17) is 5.84 Å². The topological polar surface area (TPSA) is 38.0 Å². The molecule has 0 bridgehead atoms. The second kappa shape index (κ2) is 4.29. The first kappa shape index (κ1) is 10.6. The van der Waals surface area contributed by atoms with E-state index in [9.17, 15) is 4.39 Å². The Balaban J connectivity index is 2.16. The van der Waals surface area contributed by atoms with E-state index in [1.165, 1.54) is 18.9 Å². The van der Waals surface area contributed by atoms with E-state index in [0.29, 0.717) is 0 Å². The zero-order valence-electron chi connectivity index (χ0n) is 8.96. The highest BCUT2D eigenvalue weighted by Gasteiger charge is 2.26. The summed E-state index contributed by atoms with van der Waals surface area (Å²) in [6.45, 7) is 1.93. The van der Waals surface area contributed by atoms with Crippen LogP contribution in [-0.4, -0.2) is 0 Å². The number of nitrogens with one attached hydrogen (secondary N) is 1. The fourth-order valence-electron chi connectivity index (χ4n) is 2.00. The van der Waals surface area contributed by atoms with Crippen LogP contribution in [0.4, 0.5) is 4.39 Å². The van der Waals surface area contributed by atoms with Crippen LogP contribution in [0.5, 0.6) is 0 Å². The second-order valence-corrected chi connectivity index (χ2v) is 4.40. The SMILES string of the molecule is Cc1cc(F)ccc1C(CC1CC1)NN. The minimum absolute atomic E-state index is 0.165. The van der Waals surface area contributed by atoms with Crippen LogP contribution < -0.4 is 11.3 Å². The molecule has 0 aliphatic heterocycles. The smallest absolute Gasteiger partial charge is 0.123 e. The second-order valence-electron chi connectivity index (χ2n) is 4.40. The van der Waals surface area contributed by atoms with Crippen LogP contribution in [0, 0.1) is 18.7 Å². The molecule has 82 valence electrons. The largest absolute Gasteiger partial charge is 0.271 e. The lowest BCUT2D eigenvalue weighted by Crippen LogP contribution is -2.29. The lowest BCUT2D eigenvalue weighted by Gasteiger charge is -2.18. The van der Waals surface area contributed by atoms with E-state index in [1.54, 1.807) is 6.07 Å². The quantitative estimate of drug-likeness (QED) is 0.589. The van der Waals surface area contributed by atoms with Crippen LogP contribution in [0.3, 0.4) is 0 Å². The van der Waals surface area contributed by atoms with Gasteiger partial charge in [0.25, 0.3) is 0 Å². The molecule has 0 amide bonds. The van der Waals surface area contributed by atoms with Gasteiger partial charge in [-0.25, -0.2) is 4.39 Å². The summed E-state index contributed by atoms with van der Waals surface area (Å²) < 4.78 is 12.9. The van der Waals surface area contributed by atoms with E-state index in [0.717, 1.165) is 23.5 Å². The van der Waals surface area contributed by atoms with Gasteiger partial charge in [-0.2, -0.15) is 0 Å². The fourth-order valence-corrected chi connectivity index (χ4v) is 2.00. The summed E-state index contributed by atoms with van der Waals surface area (Å²) in [6, 6.07) is 5.06. The van der Waals surface area contributed by atoms with Gasteiger partial charge in [-0.15, -0.1) is 0 Å². The molecule has 2 nitrogen and oxygen atoms in total. The van der Waals surface area contributed by atoms with Gasteiger partial charge in [0.1, 0.15) is 5.82 Å². The van der Waals surface area contributed by atoms with Gasteiger partial charge in [-0.1, -0.05) is 18.9 Å². The average molecular weight is 208 g/mol. The minimum Gasteiger partial charge on any atom is -0.271 e. The first-order chi connectivity index (χ1) is 7.20. The molecule has 3 heteroatoms. The number of nitrogens with two attached hydrogens (primary N) is 1. The minimum atomic E-state index is -0.182. The zero-order valence-corrected chi connectivity index (χ0v) is 8.96. The van der Waals surface area contributed by atoms with Crippen molar-refractivity contribution in [3.05, 3.63) is 35.1 Å². The first-order valence-corrected chi connectivity index (χ1v) is 5.43. The van der Waals surface area contributed by atoms with Crippen LogP contribution >= 0.6 is 0 Å². The highest BCUT2D eigenvalue weighted by molar-refractivity contribution is 5.29. The zero-order chi connectivity index (χ0) is 10.8. The van der Waals surface area contributed by atoms with Crippen LogP contribution in [0.2, 0.25) is 0 Å². The fraction of sp³-hybridized carbons (Fsp3) is 0.500. The van der Waals surface area contributed by atoms with Crippen LogP contribution in [-0.2, 0) is 0 Å². The molecular formula is C12H17FN2. The van der Waals surface area contributed by atoms with E-state index in [2.05, 4.69) is 5.43 Å². The summed E-state index contributed by atoms with van der Waals surface area (Å²) in [5.74, 6) is 6.16. The van der Waals surface area contributed by atoms with Crippen molar-refractivity contribution < 1.29 is 4.39 Å². The van der Waals surface area contributed by atoms with Crippen molar-refractivity contribution in [2.24, 2.45) is 11.8 Å². The molecule has 1 fully saturated rings. The highest BCUT2D eigenvalue weighted by atomic mass is 19.1. The van der Waals surface area contributed by atoms with E-state index >= 15 is 0 Å². The van der Waals surface area contributed by atoms with Crippen molar-refractivity contribution >= 4 is 0 Å². The predicted octanol–water partition coefficient (Wildman–Crippen LogP) is 2.44. The monoisotopic (exact) mass is 208 g/mol. The molecule has 0 spiro atoms. The van der Waals surface area contributed by atoms with Crippen LogP contribution in [0.15, 0.2) is 18.2 Å². The summed E-state index contributed by atoms with van der Waals surface area (Å²) in [5, 5.41) is 0. The van der Waals surface area contributed by atoms with Crippen molar-refractivity contribution in [2.75, 3.05) is 0 Å². The molecule has 3 N–H and O–H groups in total. The third-order valence-electron chi connectivity index (χ3n) is 3.07. The number of hydrogen-bond donors (Lipinski definition) is 2. The van der Waals surface area contributed by atoms with Gasteiger partial charge >= 0.3 is 0 Å². The Bertz CT molecular complexity index is 347. The third-order valence-corrected chi connectivity index (χ3v) is 3.07. The summed E-state index contributed by atoms with van der Waals surface area (Å²) in [4.78, 5) is 0. The molecule has 1 aliphatic rings. The van der Waals surface area contributed by atoms with Gasteiger partial charge in [0.15, 0.2) is 0 Å². The van der Waals surface area contributed by atoms with Crippen molar-refractivity contribution in [3.8, 4) is 0 Å². The molecule has 1 saturated carbocycles. The predicted molar refractivity (Wildman–Crippen MR) is 58.5 cm³/mol. The number of hydrazine groups is 1. The normalized spacial score (nSPS) is 17.8. The molecule has 0 radical (unpaired) electrons. The molecule has 1 aromatic carbocycles. The van der Waals surface area contributed by atoms with Gasteiger partial charge in [-0.3, -0.25) is 11.3 Å². The summed E-state index contributed by atoms with van der Waals surface area (Å²) >= 11 is 0. The molecule has 1 aromatic rings. The van der Waals surface area contributed by atoms with Crippen molar-refractivity contribution in [2.45, 2.75) is 32.2 Å². The molecule has 15 heavy (non-hydrogen) atoms. The number of aryl methyl sites for hydroxylation is 1. The summed E-state index contributed by atoms with van der Waals surface area (Å²) in [5.41, 5.74) is 4.91. The molecule has 0 aromatic heterocycles. The lowest BCUT2D eigenvalue weighted by molar-refractivity contribution is 0.484. The Kier molecular flexibility index (Phi) is 3.03. The Morgan fingerprint density at radius 3 is 2.80 bits per heavy atom. The van der Waals surface area contributed by atoms with Gasteiger partial charge in [0.2, 0.25) is 0 Å². The van der Waals surface area contributed by atoms with Gasteiger partial charge in [0.05, 0.1) is 0 Å². The summed E-state index contributed by atoms with van der Waals surface area (Å²) in [7, 11) is 0. The Morgan fingerprint density at radius 2 is 2.27 bits per heavy atom. The third kappa shape index (κ3) is 2.55. The standard InChI is InChI=1S/C12H17FN2/c1-8-6-10(13)4-5-11(8)12(15-14)7-9-2-3-9/h4-6,9,12,15H,2-3,7,14H2,1H3. The van der Waals surface area contributed by atoms with E-state index < -0.39 is 0 Å². The van der Waals surface area contributed by atoms with Crippen LogP contribution in [0.1, 0.15) is 36.4 Å². The van der Waals surface area contributed by atoms with E-state index in [1.807, 2.05) is 13.0 Å². The first-order valence-electron chi connectivity index (χ1n) is 5.43. The molecule has 0 heterocycles. The average Bonchev–Trinajstić information content (AvgIpc) is 2.99. The summed E-state index contributed by atoms with van der Waals surface area (Å²) in [6.07, 6.45) is 3.67. The van der Waals surface area contributed by atoms with Crippen LogP contribution in [0.25, 0.3) is 0 Å². The van der Waals surface area contributed by atoms with Gasteiger partial charge in [-0.05, 0) is 42.5 Å². The molecule has 1 atom stereocenters. The molecule has 1 aliphatic carbocycles. The number of hydrogen-bond acceptors (Lipinski definition) is 2. The van der Waals surface area contributed by atoms with Crippen molar-refractivity contribution in [1.29, 1.82) is 0 Å². The maximum absolute atomic E-state index is 12.9. The number of rotatable bonds is 4. The van der Waals surface area contributed by atoms with Gasteiger partial charge in [0, 0.05) is 6.04 Å². The van der Waals surface area contributed by atoms with Gasteiger partial charge < -0.3 is 0 Å². The lowest BCUT2D eigenvalue weighted by atomic mass is 9.97. The number of benzene rings is 1. The molecule has 0 saturated heterocycles. The maximum atomic E-state index is 12.9. The maximum Gasteiger partial charge on any atom is 0.123 e. The molecule has 2 rings (SSSR count). The Labute approximate surface area is 89.6 Å². The van der Waals surface area contributed by atoms with E-state index in [-0.39, 0.29) is 11.9 Å².